The molecule has 1 heterocycles. The molecule has 190 valence electrons. The van der Waals surface area contributed by atoms with Crippen molar-refractivity contribution in [1.82, 2.24) is 9.21 Å². The number of nitrogens with zero attached hydrogens (tertiary/aromatic N) is 2. The van der Waals surface area contributed by atoms with Crippen molar-refractivity contribution in [3.63, 3.8) is 0 Å². The molecule has 1 N–H and O–H groups in total. The summed E-state index contributed by atoms with van der Waals surface area (Å²) in [5.74, 6) is 1.16. The van der Waals surface area contributed by atoms with Gasteiger partial charge in [-0.1, -0.05) is 36.4 Å². The molecule has 0 bridgehead atoms. The van der Waals surface area contributed by atoms with Crippen LogP contribution in [0.15, 0.2) is 77.7 Å². The molecule has 0 unspecified atom stereocenters. The second-order valence-electron chi connectivity index (χ2n) is 8.65. The summed E-state index contributed by atoms with van der Waals surface area (Å²) in [5.41, 5.74) is 2.72. The van der Waals surface area contributed by atoms with E-state index in [4.69, 9.17) is 9.47 Å². The van der Waals surface area contributed by atoms with Crippen molar-refractivity contribution in [3.05, 3.63) is 83.9 Å². The fourth-order valence-corrected chi connectivity index (χ4v) is 5.54. The molecule has 8 nitrogen and oxygen atoms in total. The molecule has 0 aromatic heterocycles. The van der Waals surface area contributed by atoms with Crippen molar-refractivity contribution in [1.29, 1.82) is 0 Å². The minimum absolute atomic E-state index is 0.200. The van der Waals surface area contributed by atoms with E-state index in [-0.39, 0.29) is 10.8 Å². The number of sulfonamides is 1. The molecule has 4 rings (SSSR count). The maximum Gasteiger partial charge on any atom is 0.243 e. The van der Waals surface area contributed by atoms with E-state index in [2.05, 4.69) is 10.2 Å². The average molecular weight is 510 g/mol. The molecule has 36 heavy (non-hydrogen) atoms. The van der Waals surface area contributed by atoms with E-state index >= 15 is 0 Å². The zero-order valence-electron chi connectivity index (χ0n) is 20.5. The summed E-state index contributed by atoms with van der Waals surface area (Å²) in [7, 11) is -1.97. The molecular weight excluding hydrogens is 478 g/mol. The Morgan fingerprint density at radius 3 is 2.22 bits per heavy atom. The molecule has 0 atom stereocenters. The number of amides is 1. The van der Waals surface area contributed by atoms with Crippen LogP contribution in [0.2, 0.25) is 0 Å². The number of rotatable bonds is 9. The summed E-state index contributed by atoms with van der Waals surface area (Å²) in [6.45, 7) is 4.62. The zero-order valence-corrected chi connectivity index (χ0v) is 21.3. The summed E-state index contributed by atoms with van der Waals surface area (Å²) in [4.78, 5) is 13.6. The SMILES string of the molecule is COc1cc(CN2CCN(S(=O)(=O)c3ccc(NC(C)=O)cc3)CC2)ccc1OCc1ccccc1. The molecule has 3 aromatic carbocycles. The first-order chi connectivity index (χ1) is 17.3. The van der Waals surface area contributed by atoms with Crippen LogP contribution in [0.5, 0.6) is 11.5 Å². The molecule has 1 aliphatic rings. The molecule has 3 aromatic rings. The van der Waals surface area contributed by atoms with E-state index in [0.717, 1.165) is 11.1 Å². The van der Waals surface area contributed by atoms with Gasteiger partial charge in [-0.05, 0) is 47.5 Å². The Kier molecular flexibility index (Phi) is 8.25. The minimum atomic E-state index is -3.59. The van der Waals surface area contributed by atoms with Gasteiger partial charge in [0.05, 0.1) is 12.0 Å². The summed E-state index contributed by atoms with van der Waals surface area (Å²) < 4.78 is 39.1. The lowest BCUT2D eigenvalue weighted by molar-refractivity contribution is -0.114. The van der Waals surface area contributed by atoms with Gasteiger partial charge in [-0.15, -0.1) is 0 Å². The molecule has 0 radical (unpaired) electrons. The van der Waals surface area contributed by atoms with Gasteiger partial charge in [-0.3, -0.25) is 9.69 Å². The highest BCUT2D eigenvalue weighted by Gasteiger charge is 2.28. The summed E-state index contributed by atoms with van der Waals surface area (Å²) in [6.07, 6.45) is 0. The fraction of sp³-hybridized carbons (Fsp3) is 0.296. The van der Waals surface area contributed by atoms with Gasteiger partial charge >= 0.3 is 0 Å². The first-order valence-corrected chi connectivity index (χ1v) is 13.2. The lowest BCUT2D eigenvalue weighted by Gasteiger charge is -2.34. The highest BCUT2D eigenvalue weighted by Crippen LogP contribution is 2.30. The predicted molar refractivity (Wildman–Crippen MR) is 139 cm³/mol. The zero-order chi connectivity index (χ0) is 25.5. The quantitative estimate of drug-likeness (QED) is 0.473. The predicted octanol–water partition coefficient (Wildman–Crippen LogP) is 3.74. The van der Waals surface area contributed by atoms with E-state index in [0.29, 0.717) is 56.5 Å². The standard InChI is InChI=1S/C27H31N3O5S/c1-21(31)28-24-9-11-25(12-10-24)36(32,33)30-16-14-29(15-17-30)19-23-8-13-26(27(18-23)34-2)35-20-22-6-4-3-5-7-22/h3-13,18H,14-17,19-20H2,1-2H3,(H,28,31). The normalized spacial score (nSPS) is 14.8. The second-order valence-corrected chi connectivity index (χ2v) is 10.6. The Labute approximate surface area is 212 Å². The van der Waals surface area contributed by atoms with Crippen LogP contribution < -0.4 is 14.8 Å². The number of ether oxygens (including phenoxy) is 2. The largest absolute Gasteiger partial charge is 0.493 e. The van der Waals surface area contributed by atoms with Crippen LogP contribution in [0, 0.1) is 0 Å². The molecule has 1 fully saturated rings. The number of methoxy groups -OCH3 is 1. The van der Waals surface area contributed by atoms with E-state index < -0.39 is 10.0 Å². The summed E-state index contributed by atoms with van der Waals surface area (Å²) >= 11 is 0. The van der Waals surface area contributed by atoms with Crippen molar-refractivity contribution in [2.24, 2.45) is 0 Å². The molecule has 1 amide bonds. The number of carbonyl (C=O) groups is 1. The molecule has 0 aliphatic carbocycles. The van der Waals surface area contributed by atoms with Gasteiger partial charge < -0.3 is 14.8 Å². The first kappa shape index (κ1) is 25.7. The van der Waals surface area contributed by atoms with Crippen LogP contribution in [0.3, 0.4) is 0 Å². The van der Waals surface area contributed by atoms with Gasteiger partial charge in [-0.25, -0.2) is 8.42 Å². The minimum Gasteiger partial charge on any atom is -0.493 e. The Morgan fingerprint density at radius 2 is 1.58 bits per heavy atom. The molecule has 1 saturated heterocycles. The van der Waals surface area contributed by atoms with Crippen LogP contribution >= 0.6 is 0 Å². The molecular formula is C27H31N3O5S. The second kappa shape index (κ2) is 11.6. The summed E-state index contributed by atoms with van der Waals surface area (Å²) in [6, 6.07) is 22.1. The van der Waals surface area contributed by atoms with Gasteiger partial charge in [0.15, 0.2) is 11.5 Å². The van der Waals surface area contributed by atoms with Gasteiger partial charge in [-0.2, -0.15) is 4.31 Å². The molecule has 0 saturated carbocycles. The smallest absolute Gasteiger partial charge is 0.243 e. The third-order valence-corrected chi connectivity index (χ3v) is 7.93. The lowest BCUT2D eigenvalue weighted by Crippen LogP contribution is -2.48. The summed E-state index contributed by atoms with van der Waals surface area (Å²) in [5, 5.41) is 2.65. The van der Waals surface area contributed by atoms with Crippen molar-refractivity contribution in [2.45, 2.75) is 25.0 Å². The number of benzene rings is 3. The van der Waals surface area contributed by atoms with E-state index in [9.17, 15) is 13.2 Å². The van der Waals surface area contributed by atoms with Crippen molar-refractivity contribution in [3.8, 4) is 11.5 Å². The lowest BCUT2D eigenvalue weighted by atomic mass is 10.1. The highest BCUT2D eigenvalue weighted by atomic mass is 32.2. The van der Waals surface area contributed by atoms with E-state index in [1.54, 1.807) is 19.2 Å². The monoisotopic (exact) mass is 509 g/mol. The van der Waals surface area contributed by atoms with Gasteiger partial charge in [0, 0.05) is 45.3 Å². The molecule has 1 aliphatic heterocycles. The Morgan fingerprint density at radius 1 is 0.889 bits per heavy atom. The van der Waals surface area contributed by atoms with Crippen LogP contribution in [-0.2, 0) is 28.0 Å². The maximum atomic E-state index is 13.1. The van der Waals surface area contributed by atoms with E-state index in [1.165, 1.54) is 23.4 Å². The fourth-order valence-electron chi connectivity index (χ4n) is 4.11. The van der Waals surface area contributed by atoms with Gasteiger partial charge in [0.2, 0.25) is 15.9 Å². The average Bonchev–Trinajstić information content (AvgIpc) is 2.89. The Hall–Kier alpha value is -3.40. The van der Waals surface area contributed by atoms with Crippen LogP contribution in [0.4, 0.5) is 5.69 Å². The van der Waals surface area contributed by atoms with Crippen molar-refractivity contribution in [2.75, 3.05) is 38.6 Å². The molecule has 9 heteroatoms. The topological polar surface area (TPSA) is 88.2 Å². The number of hydrogen-bond donors (Lipinski definition) is 1. The van der Waals surface area contributed by atoms with Crippen LogP contribution in [-0.4, -0.2) is 56.8 Å². The first-order valence-electron chi connectivity index (χ1n) is 11.8. The van der Waals surface area contributed by atoms with Gasteiger partial charge in [0.1, 0.15) is 6.61 Å². The van der Waals surface area contributed by atoms with Crippen molar-refractivity contribution >= 4 is 21.6 Å². The number of hydrogen-bond acceptors (Lipinski definition) is 6. The van der Waals surface area contributed by atoms with Crippen LogP contribution in [0.25, 0.3) is 0 Å². The van der Waals surface area contributed by atoms with Gasteiger partial charge in [0.25, 0.3) is 0 Å². The number of piperazine rings is 1. The maximum absolute atomic E-state index is 13.1. The van der Waals surface area contributed by atoms with Crippen molar-refractivity contribution < 1.29 is 22.7 Å². The Balaban J connectivity index is 1.33. The Bertz CT molecular complexity index is 1270. The number of carbonyl (C=O) groups excluding carboxylic acids is 1. The third-order valence-electron chi connectivity index (χ3n) is 6.02. The number of anilines is 1. The number of nitrogens with one attached hydrogen (secondary N) is 1. The highest BCUT2D eigenvalue weighted by molar-refractivity contribution is 7.89. The molecule has 0 spiro atoms. The van der Waals surface area contributed by atoms with Crippen LogP contribution in [0.1, 0.15) is 18.1 Å². The third kappa shape index (κ3) is 6.42. The van der Waals surface area contributed by atoms with E-state index in [1.807, 2.05) is 48.5 Å².